The Morgan fingerprint density at radius 1 is 0.727 bits per heavy atom. The second kappa shape index (κ2) is 8.59. The summed E-state index contributed by atoms with van der Waals surface area (Å²) in [6.45, 7) is 0. The molecule has 0 amide bonds. The van der Waals surface area contributed by atoms with Crippen LogP contribution in [0.15, 0.2) is 84.9 Å². The number of nitrogens with zero attached hydrogens (tertiary/aromatic N) is 9. The van der Waals surface area contributed by atoms with Crippen LogP contribution in [-0.4, -0.2) is 45.3 Å². The number of rotatable bonds is 6. The second-order valence-corrected chi connectivity index (χ2v) is 6.91. The molecule has 11 nitrogen and oxygen atoms in total. The van der Waals surface area contributed by atoms with Gasteiger partial charge in [-0.2, -0.15) is 9.36 Å². The van der Waals surface area contributed by atoms with Crippen LogP contribution in [0.25, 0.3) is 23.0 Å². The fourth-order valence-electron chi connectivity index (χ4n) is 3.28. The number of hydrogen-bond donors (Lipinski definition) is 0. The average molecular weight is 437 g/mol. The van der Waals surface area contributed by atoms with Crippen LogP contribution in [0.4, 0.5) is 5.69 Å². The first kappa shape index (κ1) is 19.9. The maximum absolute atomic E-state index is 11.0. The average Bonchev–Trinajstić information content (AvgIpc) is 3.54. The van der Waals surface area contributed by atoms with Crippen molar-refractivity contribution in [3.05, 3.63) is 112 Å². The van der Waals surface area contributed by atoms with E-state index in [0.717, 1.165) is 11.4 Å². The summed E-state index contributed by atoms with van der Waals surface area (Å²) in [4.78, 5) is 10.6. The zero-order chi connectivity index (χ0) is 22.6. The van der Waals surface area contributed by atoms with E-state index in [9.17, 15) is 10.1 Å². The first-order valence-electron chi connectivity index (χ1n) is 9.85. The van der Waals surface area contributed by atoms with E-state index in [1.54, 1.807) is 27.6 Å². The van der Waals surface area contributed by atoms with E-state index in [2.05, 4.69) is 31.1 Å². The molecule has 3 aromatic carbocycles. The lowest BCUT2D eigenvalue weighted by Gasteiger charge is -2.09. The summed E-state index contributed by atoms with van der Waals surface area (Å²) < 4.78 is 3.17. The number of para-hydroxylation sites is 2. The predicted molar refractivity (Wildman–Crippen MR) is 118 cm³/mol. The molecule has 33 heavy (non-hydrogen) atoms. The van der Waals surface area contributed by atoms with Crippen LogP contribution in [0.3, 0.4) is 0 Å². The highest BCUT2D eigenvalue weighted by Gasteiger charge is 2.22. The molecule has 0 radical (unpaired) electrons. The van der Waals surface area contributed by atoms with Crippen molar-refractivity contribution in [1.82, 2.24) is 40.4 Å². The van der Waals surface area contributed by atoms with Crippen molar-refractivity contribution >= 4 is 17.3 Å². The molecule has 2 aromatic heterocycles. The monoisotopic (exact) mass is 437 g/mol. The van der Waals surface area contributed by atoms with E-state index in [1.165, 1.54) is 12.1 Å². The van der Waals surface area contributed by atoms with Gasteiger partial charge in [-0.3, -0.25) is 10.1 Å². The van der Waals surface area contributed by atoms with Crippen molar-refractivity contribution in [1.29, 1.82) is 0 Å². The lowest BCUT2D eigenvalue weighted by Crippen LogP contribution is -2.08. The third-order valence-electron chi connectivity index (χ3n) is 4.84. The Balaban J connectivity index is 1.70. The smallest absolute Gasteiger partial charge is 0.258 e. The van der Waals surface area contributed by atoms with Crippen molar-refractivity contribution in [3.8, 4) is 11.4 Å². The molecule has 0 spiro atoms. The molecule has 0 unspecified atom stereocenters. The molecule has 0 bridgehead atoms. The van der Waals surface area contributed by atoms with Gasteiger partial charge in [0.2, 0.25) is 0 Å². The van der Waals surface area contributed by atoms with Gasteiger partial charge in [0.15, 0.2) is 11.6 Å². The number of tetrazole rings is 2. The zero-order valence-electron chi connectivity index (χ0n) is 17.0. The van der Waals surface area contributed by atoms with E-state index in [-0.39, 0.29) is 5.69 Å². The topological polar surface area (TPSA) is 130 Å². The summed E-state index contributed by atoms with van der Waals surface area (Å²) in [5.74, 6) is 0.818. The molecule has 0 N–H and O–H groups in total. The minimum atomic E-state index is -0.444. The second-order valence-electron chi connectivity index (χ2n) is 6.91. The highest BCUT2D eigenvalue weighted by Crippen LogP contribution is 2.26. The number of hydrogen-bond acceptors (Lipinski definition) is 8. The number of non-ortho nitro benzene ring substituents is 1. The van der Waals surface area contributed by atoms with Crippen LogP contribution in [0.5, 0.6) is 0 Å². The molecule has 0 fully saturated rings. The summed E-state index contributed by atoms with van der Waals surface area (Å²) in [6, 6.07) is 25.0. The molecule has 0 saturated heterocycles. The van der Waals surface area contributed by atoms with E-state index in [1.807, 2.05) is 60.7 Å². The van der Waals surface area contributed by atoms with Gasteiger partial charge in [0.1, 0.15) is 0 Å². The first-order chi connectivity index (χ1) is 16.2. The minimum Gasteiger partial charge on any atom is -0.258 e. The maximum Gasteiger partial charge on any atom is 0.269 e. The van der Waals surface area contributed by atoms with Gasteiger partial charge in [-0.15, -0.1) is 10.2 Å². The van der Waals surface area contributed by atoms with Crippen molar-refractivity contribution in [3.63, 3.8) is 0 Å². The van der Waals surface area contributed by atoms with E-state index in [0.29, 0.717) is 22.8 Å². The quantitative estimate of drug-likeness (QED) is 0.292. The fourth-order valence-corrected chi connectivity index (χ4v) is 3.28. The van der Waals surface area contributed by atoms with Crippen LogP contribution in [-0.2, 0) is 0 Å². The van der Waals surface area contributed by atoms with Crippen LogP contribution in [0.1, 0.15) is 17.2 Å². The molecule has 0 aliphatic rings. The molecule has 2 heterocycles. The standard InChI is InChI=1S/C22H15N9O2/c32-31(33)19-13-11-16(12-14-19)15-20(21-23-25-27-29(21)17-7-3-1-4-8-17)22-24-26-28-30(22)18-9-5-2-6-10-18/h1-15H. The maximum atomic E-state index is 11.0. The molecule has 0 aliphatic heterocycles. The fraction of sp³-hybridized carbons (Fsp3) is 0. The third kappa shape index (κ3) is 3.97. The number of benzene rings is 3. The van der Waals surface area contributed by atoms with Gasteiger partial charge in [-0.25, -0.2) is 0 Å². The van der Waals surface area contributed by atoms with Gasteiger partial charge in [0.05, 0.1) is 21.9 Å². The summed E-state index contributed by atoms with van der Waals surface area (Å²) in [5.41, 5.74) is 2.74. The molecule has 160 valence electrons. The van der Waals surface area contributed by atoms with Gasteiger partial charge in [-0.1, -0.05) is 36.4 Å². The normalized spacial score (nSPS) is 10.7. The molecule has 0 atom stereocenters. The summed E-state index contributed by atoms with van der Waals surface area (Å²) >= 11 is 0. The lowest BCUT2D eigenvalue weighted by atomic mass is 10.1. The zero-order valence-corrected chi connectivity index (χ0v) is 17.0. The highest BCUT2D eigenvalue weighted by atomic mass is 16.6. The number of aromatic nitrogens is 8. The van der Waals surface area contributed by atoms with Crippen molar-refractivity contribution in [2.75, 3.05) is 0 Å². The van der Waals surface area contributed by atoms with Gasteiger partial charge in [0, 0.05) is 12.1 Å². The Kier molecular flexibility index (Phi) is 5.17. The Morgan fingerprint density at radius 3 is 1.67 bits per heavy atom. The lowest BCUT2D eigenvalue weighted by molar-refractivity contribution is -0.384. The molecule has 5 rings (SSSR count). The molecule has 0 aliphatic carbocycles. The highest BCUT2D eigenvalue weighted by molar-refractivity contribution is 5.87. The van der Waals surface area contributed by atoms with Crippen molar-refractivity contribution < 1.29 is 4.92 Å². The van der Waals surface area contributed by atoms with Gasteiger partial charge in [0.25, 0.3) is 5.69 Å². The van der Waals surface area contributed by atoms with E-state index in [4.69, 9.17) is 0 Å². The van der Waals surface area contributed by atoms with Crippen LogP contribution in [0, 0.1) is 10.1 Å². The molecule has 11 heteroatoms. The van der Waals surface area contributed by atoms with Crippen LogP contribution in [0.2, 0.25) is 0 Å². The Bertz CT molecular complexity index is 1350. The molecule has 0 saturated carbocycles. The molecular weight excluding hydrogens is 422 g/mol. The predicted octanol–water partition coefficient (Wildman–Crippen LogP) is 3.14. The third-order valence-corrected chi connectivity index (χ3v) is 4.84. The summed E-state index contributed by atoms with van der Waals surface area (Å²) in [6.07, 6.45) is 1.79. The van der Waals surface area contributed by atoms with Gasteiger partial charge < -0.3 is 0 Å². The Morgan fingerprint density at radius 2 is 1.21 bits per heavy atom. The SMILES string of the molecule is O=[N+]([O-])c1ccc(C=C(c2nnnn2-c2ccccc2)c2nnnn2-c2ccccc2)cc1. The first-order valence-corrected chi connectivity index (χ1v) is 9.85. The van der Waals surface area contributed by atoms with E-state index < -0.39 is 4.92 Å². The minimum absolute atomic E-state index is 0.00284. The van der Waals surface area contributed by atoms with Gasteiger partial charge in [-0.05, 0) is 68.9 Å². The van der Waals surface area contributed by atoms with Crippen molar-refractivity contribution in [2.45, 2.75) is 0 Å². The summed E-state index contributed by atoms with van der Waals surface area (Å²) in [5, 5.41) is 35.5. The number of nitro benzene ring substituents is 1. The van der Waals surface area contributed by atoms with Crippen LogP contribution >= 0.6 is 0 Å². The molecular formula is C22H15N9O2. The number of nitro groups is 1. The van der Waals surface area contributed by atoms with Crippen molar-refractivity contribution in [2.24, 2.45) is 0 Å². The van der Waals surface area contributed by atoms with E-state index >= 15 is 0 Å². The summed E-state index contributed by atoms with van der Waals surface area (Å²) in [7, 11) is 0. The Hall–Kier alpha value is -5.06. The molecule has 5 aromatic rings. The Labute approximate surface area is 186 Å². The van der Waals surface area contributed by atoms with Crippen LogP contribution < -0.4 is 0 Å². The van der Waals surface area contributed by atoms with Gasteiger partial charge >= 0.3 is 0 Å². The largest absolute Gasteiger partial charge is 0.269 e.